The fourth-order valence-corrected chi connectivity index (χ4v) is 4.64. The number of carbonyl (C=O) groups excluding carboxylic acids is 2. The van der Waals surface area contributed by atoms with E-state index in [1.54, 1.807) is 42.5 Å². The molecule has 0 bridgehead atoms. The number of aromatic nitrogens is 2. The number of halogens is 1. The van der Waals surface area contributed by atoms with E-state index >= 15 is 0 Å². The van der Waals surface area contributed by atoms with Gasteiger partial charge in [-0.3, -0.25) is 24.7 Å². The number of carbonyl (C=O) groups is 2. The molecule has 4 aromatic rings. The lowest BCUT2D eigenvalue weighted by Gasteiger charge is -2.27. The van der Waals surface area contributed by atoms with E-state index in [-0.39, 0.29) is 23.9 Å². The van der Waals surface area contributed by atoms with Crippen LogP contribution in [0.1, 0.15) is 33.6 Å². The molecular formula is C29H24ClN5O3. The molecule has 2 amide bonds. The first-order valence-electron chi connectivity index (χ1n) is 12.2. The van der Waals surface area contributed by atoms with Gasteiger partial charge in [0.15, 0.2) is 0 Å². The second-order valence-corrected chi connectivity index (χ2v) is 9.23. The molecular weight excluding hydrogens is 502 g/mol. The van der Waals surface area contributed by atoms with Crippen molar-refractivity contribution < 1.29 is 9.59 Å². The third-order valence-corrected chi connectivity index (χ3v) is 6.56. The maximum Gasteiger partial charge on any atom is 0.281 e. The summed E-state index contributed by atoms with van der Waals surface area (Å²) in [5, 5.41) is 0.870. The smallest absolute Gasteiger partial charge is 0.281 e. The van der Waals surface area contributed by atoms with Crippen molar-refractivity contribution in [1.82, 2.24) is 14.6 Å². The van der Waals surface area contributed by atoms with E-state index in [9.17, 15) is 14.4 Å². The number of hydrogen-bond donors (Lipinski definition) is 1. The molecule has 0 aliphatic carbocycles. The molecule has 1 aliphatic rings. The fraction of sp³-hybridized carbons (Fsp3) is 0.172. The summed E-state index contributed by atoms with van der Waals surface area (Å²) in [6, 6.07) is 21.0. The summed E-state index contributed by atoms with van der Waals surface area (Å²) in [5.41, 5.74) is 4.85. The van der Waals surface area contributed by atoms with Gasteiger partial charge in [0.05, 0.1) is 27.7 Å². The molecule has 5 rings (SSSR count). The predicted molar refractivity (Wildman–Crippen MR) is 149 cm³/mol. The van der Waals surface area contributed by atoms with E-state index in [1.165, 1.54) is 9.58 Å². The highest BCUT2D eigenvalue weighted by Crippen LogP contribution is 2.24. The Morgan fingerprint density at radius 2 is 1.61 bits per heavy atom. The maximum absolute atomic E-state index is 13.6. The third-order valence-electron chi connectivity index (χ3n) is 6.33. The summed E-state index contributed by atoms with van der Waals surface area (Å²) >= 11 is 6.20. The van der Waals surface area contributed by atoms with Gasteiger partial charge < -0.3 is 4.90 Å². The van der Waals surface area contributed by atoms with Gasteiger partial charge in [0.1, 0.15) is 0 Å². The second-order valence-electron chi connectivity index (χ2n) is 8.79. The van der Waals surface area contributed by atoms with Gasteiger partial charge in [-0.05, 0) is 48.9 Å². The Hall–Kier alpha value is -4.61. The van der Waals surface area contributed by atoms with Crippen molar-refractivity contribution in [2.24, 2.45) is 0 Å². The van der Waals surface area contributed by atoms with Crippen LogP contribution >= 0.6 is 11.6 Å². The van der Waals surface area contributed by atoms with Crippen LogP contribution in [0.2, 0.25) is 5.02 Å². The van der Waals surface area contributed by atoms with Crippen molar-refractivity contribution >= 4 is 46.0 Å². The Kier molecular flexibility index (Phi) is 7.11. The lowest BCUT2D eigenvalue weighted by molar-refractivity contribution is 0.0653. The number of rotatable bonds is 9. The Morgan fingerprint density at radius 1 is 0.921 bits per heavy atom. The van der Waals surface area contributed by atoms with Crippen LogP contribution in [0.25, 0.3) is 10.9 Å². The number of imide groups is 1. The minimum Gasteiger partial charge on any atom is -0.340 e. The van der Waals surface area contributed by atoms with E-state index in [0.29, 0.717) is 64.6 Å². The average molecular weight is 526 g/mol. The quantitative estimate of drug-likeness (QED) is 0.257. The summed E-state index contributed by atoms with van der Waals surface area (Å²) in [5.74, 6) is 2.38. The Bertz CT molecular complexity index is 1590. The highest BCUT2D eigenvalue weighted by Gasteiger charge is 2.34. The first-order chi connectivity index (χ1) is 18.5. The van der Waals surface area contributed by atoms with Gasteiger partial charge in [-0.1, -0.05) is 41.9 Å². The molecule has 3 aromatic carbocycles. The molecule has 0 atom stereocenters. The van der Waals surface area contributed by atoms with Crippen LogP contribution in [0.5, 0.6) is 0 Å². The molecule has 0 unspecified atom stereocenters. The van der Waals surface area contributed by atoms with Gasteiger partial charge in [-0.2, -0.15) is 4.68 Å². The van der Waals surface area contributed by atoms with Crippen LogP contribution in [-0.2, 0) is 0 Å². The Balaban J connectivity index is 1.47. The first-order valence-corrected chi connectivity index (χ1v) is 12.5. The molecule has 9 heteroatoms. The summed E-state index contributed by atoms with van der Waals surface area (Å²) < 4.78 is 1.39. The number of amides is 2. The van der Waals surface area contributed by atoms with Gasteiger partial charge in [0.2, 0.25) is 5.95 Å². The van der Waals surface area contributed by atoms with Crippen LogP contribution in [0.15, 0.2) is 77.6 Å². The molecule has 0 spiro atoms. The van der Waals surface area contributed by atoms with Gasteiger partial charge >= 0.3 is 0 Å². The monoisotopic (exact) mass is 525 g/mol. The summed E-state index contributed by atoms with van der Waals surface area (Å²) in [6.07, 6.45) is 6.43. The highest BCUT2D eigenvalue weighted by atomic mass is 35.5. The van der Waals surface area contributed by atoms with E-state index in [0.717, 1.165) is 0 Å². The summed E-state index contributed by atoms with van der Waals surface area (Å²) in [6.45, 7) is 1.02. The van der Waals surface area contributed by atoms with Crippen LogP contribution < -0.4 is 15.9 Å². The van der Waals surface area contributed by atoms with Gasteiger partial charge in [0, 0.05) is 31.1 Å². The van der Waals surface area contributed by atoms with Gasteiger partial charge in [0.25, 0.3) is 17.4 Å². The predicted octanol–water partition coefficient (Wildman–Crippen LogP) is 4.44. The normalized spacial score (nSPS) is 12.5. The molecule has 2 heterocycles. The van der Waals surface area contributed by atoms with Crippen molar-refractivity contribution in [3.8, 4) is 12.3 Å². The van der Waals surface area contributed by atoms with Gasteiger partial charge in [-0.25, -0.2) is 4.98 Å². The maximum atomic E-state index is 13.6. The minimum atomic E-state index is -0.304. The topological polar surface area (TPSA) is 87.5 Å². The van der Waals surface area contributed by atoms with Crippen molar-refractivity contribution in [1.29, 1.82) is 0 Å². The van der Waals surface area contributed by atoms with Crippen molar-refractivity contribution in [3.63, 3.8) is 0 Å². The number of nitrogens with one attached hydrogen (secondary N) is 1. The van der Waals surface area contributed by atoms with Crippen LogP contribution in [0.3, 0.4) is 0 Å². The molecule has 0 fully saturated rings. The summed E-state index contributed by atoms with van der Waals surface area (Å²) in [7, 11) is 0. The standard InChI is InChI=1S/C29H24ClN5O3/c1-2-3-16-33(17-9-18-34-26(36)22-12-7-8-13-23(22)27(34)37)29-31-25-19-20(30)14-15-24(25)28(38)35(29)32-21-10-5-4-6-11-21/h1,4-8,10-15,19,32H,3,9,16-18H2. The molecule has 190 valence electrons. The lowest BCUT2D eigenvalue weighted by Crippen LogP contribution is -2.39. The Morgan fingerprint density at radius 3 is 2.29 bits per heavy atom. The number of nitrogens with zero attached hydrogens (tertiary/aromatic N) is 4. The largest absolute Gasteiger partial charge is 0.340 e. The van der Waals surface area contributed by atoms with Crippen molar-refractivity contribution in [2.75, 3.05) is 30.0 Å². The molecule has 8 nitrogen and oxygen atoms in total. The zero-order chi connectivity index (χ0) is 26.6. The zero-order valence-electron chi connectivity index (χ0n) is 20.4. The second kappa shape index (κ2) is 10.8. The molecule has 0 saturated heterocycles. The number of fused-ring (bicyclic) bond motifs is 2. The molecule has 1 aliphatic heterocycles. The fourth-order valence-electron chi connectivity index (χ4n) is 4.48. The first kappa shape index (κ1) is 25.1. The van der Waals surface area contributed by atoms with Crippen molar-refractivity contribution in [3.05, 3.63) is 99.3 Å². The van der Waals surface area contributed by atoms with E-state index in [2.05, 4.69) is 11.3 Å². The number of anilines is 2. The number of para-hydroxylation sites is 1. The molecule has 0 saturated carbocycles. The average Bonchev–Trinajstić information content (AvgIpc) is 3.17. The minimum absolute atomic E-state index is 0.217. The number of hydrogen-bond acceptors (Lipinski definition) is 6. The van der Waals surface area contributed by atoms with Crippen LogP contribution in [0.4, 0.5) is 11.6 Å². The van der Waals surface area contributed by atoms with Gasteiger partial charge in [-0.15, -0.1) is 12.3 Å². The molecule has 1 N–H and O–H groups in total. The number of benzene rings is 3. The molecule has 1 aromatic heterocycles. The Labute approximate surface area is 224 Å². The van der Waals surface area contributed by atoms with Crippen LogP contribution in [0, 0.1) is 12.3 Å². The highest BCUT2D eigenvalue weighted by molar-refractivity contribution is 6.31. The van der Waals surface area contributed by atoms with E-state index in [4.69, 9.17) is 23.0 Å². The lowest BCUT2D eigenvalue weighted by atomic mass is 10.1. The van der Waals surface area contributed by atoms with E-state index < -0.39 is 0 Å². The third kappa shape index (κ3) is 4.84. The van der Waals surface area contributed by atoms with Crippen LogP contribution in [-0.4, -0.2) is 46.0 Å². The molecule has 0 radical (unpaired) electrons. The van der Waals surface area contributed by atoms with Crippen molar-refractivity contribution in [2.45, 2.75) is 12.8 Å². The summed E-state index contributed by atoms with van der Waals surface area (Å²) in [4.78, 5) is 47.1. The van der Waals surface area contributed by atoms with E-state index in [1.807, 2.05) is 35.2 Å². The zero-order valence-corrected chi connectivity index (χ0v) is 21.2. The molecule has 38 heavy (non-hydrogen) atoms. The SMILES string of the molecule is C#CCCN(CCCN1C(=O)c2ccccc2C1=O)c1nc2cc(Cl)ccc2c(=O)n1Nc1ccccc1. The number of terminal acetylenes is 1.